The fraction of sp³-hybridized carbons (Fsp3) is 0.467. The Morgan fingerprint density at radius 2 is 1.95 bits per heavy atom. The van der Waals surface area contributed by atoms with Crippen molar-refractivity contribution in [3.05, 3.63) is 34.6 Å². The number of rotatable bonds is 2. The molecule has 116 valence electrons. The van der Waals surface area contributed by atoms with Gasteiger partial charge in [-0.1, -0.05) is 17.3 Å². The van der Waals surface area contributed by atoms with E-state index >= 15 is 0 Å². The molecular formula is C15H18N4O3. The summed E-state index contributed by atoms with van der Waals surface area (Å²) in [5.41, 5.74) is 0.234. The average Bonchev–Trinajstić information content (AvgIpc) is 2.49. The van der Waals surface area contributed by atoms with Gasteiger partial charge in [0, 0.05) is 13.1 Å². The minimum Gasteiger partial charge on any atom is -0.372 e. The monoisotopic (exact) mass is 302 g/mol. The van der Waals surface area contributed by atoms with Crippen LogP contribution in [0.2, 0.25) is 0 Å². The molecule has 2 aromatic rings. The van der Waals surface area contributed by atoms with Crippen molar-refractivity contribution in [2.24, 2.45) is 0 Å². The zero-order valence-corrected chi connectivity index (χ0v) is 12.6. The van der Waals surface area contributed by atoms with Crippen molar-refractivity contribution in [1.29, 1.82) is 0 Å². The zero-order valence-electron chi connectivity index (χ0n) is 12.6. The van der Waals surface area contributed by atoms with E-state index in [2.05, 4.69) is 10.3 Å². The van der Waals surface area contributed by atoms with Gasteiger partial charge in [0.15, 0.2) is 0 Å². The Morgan fingerprint density at radius 1 is 1.27 bits per heavy atom. The van der Waals surface area contributed by atoms with E-state index in [0.717, 1.165) is 4.68 Å². The Kier molecular flexibility index (Phi) is 3.89. The molecule has 0 N–H and O–H groups in total. The van der Waals surface area contributed by atoms with E-state index < -0.39 is 0 Å². The molecule has 1 aliphatic rings. The molecule has 7 nitrogen and oxygen atoms in total. The van der Waals surface area contributed by atoms with Crippen LogP contribution in [0.5, 0.6) is 0 Å². The van der Waals surface area contributed by atoms with Crippen LogP contribution in [0.4, 0.5) is 0 Å². The third-order valence-electron chi connectivity index (χ3n) is 3.69. The van der Waals surface area contributed by atoms with Gasteiger partial charge in [0.2, 0.25) is 5.91 Å². The Balaban J connectivity index is 1.82. The molecule has 1 fully saturated rings. The summed E-state index contributed by atoms with van der Waals surface area (Å²) >= 11 is 0. The number of fused-ring (bicyclic) bond motifs is 1. The van der Waals surface area contributed by atoms with Crippen LogP contribution in [0, 0.1) is 0 Å². The van der Waals surface area contributed by atoms with Crippen LogP contribution in [-0.4, -0.2) is 51.1 Å². The molecule has 0 bridgehead atoms. The maximum atomic E-state index is 12.4. The summed E-state index contributed by atoms with van der Waals surface area (Å²) < 4.78 is 6.73. The molecule has 1 amide bonds. The van der Waals surface area contributed by atoms with E-state index in [-0.39, 0.29) is 30.2 Å². The molecule has 2 heterocycles. The van der Waals surface area contributed by atoms with Gasteiger partial charge in [0.25, 0.3) is 5.56 Å². The summed E-state index contributed by atoms with van der Waals surface area (Å²) in [7, 11) is 0. The van der Waals surface area contributed by atoms with E-state index in [9.17, 15) is 9.59 Å². The third kappa shape index (κ3) is 2.85. The van der Waals surface area contributed by atoms with E-state index in [1.165, 1.54) is 0 Å². The standard InChI is InChI=1S/C15H18N4O3/c1-10-7-18(8-11(2)22-10)14(20)9-19-15(21)12-5-3-4-6-13(12)16-17-19/h3-6,10-11H,7-9H2,1-2H3. The van der Waals surface area contributed by atoms with Crippen LogP contribution >= 0.6 is 0 Å². The number of carbonyl (C=O) groups excluding carboxylic acids is 1. The van der Waals surface area contributed by atoms with Crippen LogP contribution in [0.1, 0.15) is 13.8 Å². The molecule has 1 aromatic carbocycles. The molecule has 1 saturated heterocycles. The maximum Gasteiger partial charge on any atom is 0.278 e. The van der Waals surface area contributed by atoms with Crippen LogP contribution < -0.4 is 5.56 Å². The Labute approximate surface area is 127 Å². The average molecular weight is 302 g/mol. The molecule has 22 heavy (non-hydrogen) atoms. The Bertz CT molecular complexity index is 748. The lowest BCUT2D eigenvalue weighted by molar-refractivity contribution is -0.144. The van der Waals surface area contributed by atoms with Crippen molar-refractivity contribution < 1.29 is 9.53 Å². The molecule has 3 rings (SSSR count). The van der Waals surface area contributed by atoms with Gasteiger partial charge in [-0.15, -0.1) is 5.10 Å². The lowest BCUT2D eigenvalue weighted by atomic mass is 10.2. The smallest absolute Gasteiger partial charge is 0.278 e. The predicted molar refractivity (Wildman–Crippen MR) is 80.4 cm³/mol. The molecule has 0 spiro atoms. The predicted octanol–water partition coefficient (Wildman–Crippen LogP) is 0.427. The highest BCUT2D eigenvalue weighted by atomic mass is 16.5. The molecule has 1 aliphatic heterocycles. The van der Waals surface area contributed by atoms with Crippen molar-refractivity contribution in [3.63, 3.8) is 0 Å². The van der Waals surface area contributed by atoms with Crippen molar-refractivity contribution in [1.82, 2.24) is 19.9 Å². The van der Waals surface area contributed by atoms with Crippen LogP contribution in [0.3, 0.4) is 0 Å². The van der Waals surface area contributed by atoms with Crippen molar-refractivity contribution in [2.75, 3.05) is 13.1 Å². The summed E-state index contributed by atoms with van der Waals surface area (Å²) in [5.74, 6) is -0.145. The number of nitrogens with zero attached hydrogens (tertiary/aromatic N) is 4. The van der Waals surface area contributed by atoms with Crippen molar-refractivity contribution >= 4 is 16.8 Å². The highest BCUT2D eigenvalue weighted by molar-refractivity contribution is 5.78. The Morgan fingerprint density at radius 3 is 2.68 bits per heavy atom. The first-order chi connectivity index (χ1) is 10.5. The van der Waals surface area contributed by atoms with Crippen LogP contribution in [0.15, 0.2) is 29.1 Å². The number of hydrogen-bond donors (Lipinski definition) is 0. The van der Waals surface area contributed by atoms with Crippen LogP contribution in [-0.2, 0) is 16.1 Å². The first-order valence-corrected chi connectivity index (χ1v) is 7.30. The minimum atomic E-state index is -0.298. The zero-order chi connectivity index (χ0) is 15.7. The van der Waals surface area contributed by atoms with Crippen molar-refractivity contribution in [2.45, 2.75) is 32.6 Å². The molecule has 2 atom stereocenters. The molecular weight excluding hydrogens is 284 g/mol. The fourth-order valence-corrected chi connectivity index (χ4v) is 2.74. The summed E-state index contributed by atoms with van der Waals surface area (Å²) in [4.78, 5) is 26.4. The first-order valence-electron chi connectivity index (χ1n) is 7.30. The highest BCUT2D eigenvalue weighted by Gasteiger charge is 2.26. The topological polar surface area (TPSA) is 77.3 Å². The SMILES string of the molecule is CC1CN(C(=O)Cn2nnc3ccccc3c2=O)CC(C)O1. The van der Waals surface area contributed by atoms with E-state index in [4.69, 9.17) is 4.74 Å². The number of hydrogen-bond acceptors (Lipinski definition) is 5. The van der Waals surface area contributed by atoms with Crippen LogP contribution in [0.25, 0.3) is 10.9 Å². The number of morpholine rings is 1. The van der Waals surface area contributed by atoms with Gasteiger partial charge in [-0.05, 0) is 26.0 Å². The molecule has 2 unspecified atom stereocenters. The number of benzene rings is 1. The summed E-state index contributed by atoms with van der Waals surface area (Å²) in [5, 5.41) is 8.31. The Hall–Kier alpha value is -2.28. The van der Waals surface area contributed by atoms with Gasteiger partial charge < -0.3 is 9.64 Å². The molecule has 0 radical (unpaired) electrons. The number of carbonyl (C=O) groups is 1. The molecule has 1 aromatic heterocycles. The minimum absolute atomic E-state index is 0.00731. The van der Waals surface area contributed by atoms with Gasteiger partial charge in [-0.25, -0.2) is 4.68 Å². The van der Waals surface area contributed by atoms with E-state index in [1.807, 2.05) is 13.8 Å². The maximum absolute atomic E-state index is 12.4. The third-order valence-corrected chi connectivity index (χ3v) is 3.69. The molecule has 0 aliphatic carbocycles. The summed E-state index contributed by atoms with van der Waals surface area (Å²) in [6.45, 7) is 4.81. The summed E-state index contributed by atoms with van der Waals surface area (Å²) in [6.07, 6.45) is -0.0146. The van der Waals surface area contributed by atoms with Gasteiger partial charge in [-0.3, -0.25) is 9.59 Å². The lowest BCUT2D eigenvalue weighted by Crippen LogP contribution is -2.49. The lowest BCUT2D eigenvalue weighted by Gasteiger charge is -2.35. The highest BCUT2D eigenvalue weighted by Crippen LogP contribution is 2.11. The van der Waals surface area contributed by atoms with Crippen molar-refractivity contribution in [3.8, 4) is 0 Å². The fourth-order valence-electron chi connectivity index (χ4n) is 2.74. The quantitative estimate of drug-likeness (QED) is 0.804. The number of amides is 1. The largest absolute Gasteiger partial charge is 0.372 e. The van der Waals surface area contributed by atoms with Gasteiger partial charge in [-0.2, -0.15) is 0 Å². The van der Waals surface area contributed by atoms with E-state index in [1.54, 1.807) is 29.2 Å². The second-order valence-corrected chi connectivity index (χ2v) is 5.63. The van der Waals surface area contributed by atoms with Gasteiger partial charge in [0.05, 0.1) is 17.6 Å². The first kappa shape index (κ1) is 14.6. The van der Waals surface area contributed by atoms with Gasteiger partial charge >= 0.3 is 0 Å². The van der Waals surface area contributed by atoms with E-state index in [0.29, 0.717) is 24.0 Å². The van der Waals surface area contributed by atoms with Gasteiger partial charge in [0.1, 0.15) is 12.1 Å². The molecule has 7 heteroatoms. The second kappa shape index (κ2) is 5.84. The normalized spacial score (nSPS) is 22.0. The number of aromatic nitrogens is 3. The number of ether oxygens (including phenoxy) is 1. The second-order valence-electron chi connectivity index (χ2n) is 5.63. The molecule has 0 saturated carbocycles. The summed E-state index contributed by atoms with van der Waals surface area (Å²) in [6, 6.07) is 6.97.